The molecule has 11 heavy (non-hydrogen) atoms. The Balaban J connectivity index is 2.79. The van der Waals surface area contributed by atoms with Crippen LogP contribution in [0, 0.1) is 0 Å². The average molecular weight is 147 g/mol. The van der Waals surface area contributed by atoms with Gasteiger partial charge in [-0.25, -0.2) is 0 Å². The molecule has 3 heteroatoms. The number of pyridine rings is 1. The Hall–Kier alpha value is -1.51. The van der Waals surface area contributed by atoms with E-state index in [0.29, 0.717) is 0 Å². The van der Waals surface area contributed by atoms with Crippen LogP contribution in [0.3, 0.4) is 0 Å². The fourth-order valence-electron chi connectivity index (χ4n) is 1.17. The second-order valence-corrected chi connectivity index (χ2v) is 2.35. The third-order valence-corrected chi connectivity index (χ3v) is 1.72. The molecule has 0 amide bonds. The maximum atomic E-state index is 4.18. The number of hydrogen-bond acceptors (Lipinski definition) is 2. The number of H-pyrrole nitrogens is 1. The summed E-state index contributed by atoms with van der Waals surface area (Å²) in [5, 5.41) is 3.08. The number of rotatable bonds is 1. The molecular formula is C8H9N3. The lowest BCUT2D eigenvalue weighted by atomic mass is 10.3. The van der Waals surface area contributed by atoms with Gasteiger partial charge >= 0.3 is 0 Å². The Kier molecular flexibility index (Phi) is 1.28. The molecule has 0 saturated heterocycles. The van der Waals surface area contributed by atoms with Gasteiger partial charge in [0, 0.05) is 19.4 Å². The predicted molar refractivity (Wildman–Crippen MR) is 45.6 cm³/mol. The van der Waals surface area contributed by atoms with Gasteiger partial charge in [-0.3, -0.25) is 4.98 Å². The van der Waals surface area contributed by atoms with Crippen LogP contribution < -0.4 is 5.32 Å². The number of aromatic nitrogens is 2. The van der Waals surface area contributed by atoms with Crippen molar-refractivity contribution in [2.75, 3.05) is 12.4 Å². The summed E-state index contributed by atoms with van der Waals surface area (Å²) in [4.78, 5) is 7.29. The molecule has 3 nitrogen and oxygen atoms in total. The first-order valence-electron chi connectivity index (χ1n) is 3.51. The second-order valence-electron chi connectivity index (χ2n) is 2.35. The lowest BCUT2D eigenvalue weighted by Crippen LogP contribution is -1.89. The van der Waals surface area contributed by atoms with E-state index < -0.39 is 0 Å². The Morgan fingerprint density at radius 3 is 3.18 bits per heavy atom. The average Bonchev–Trinajstić information content (AvgIpc) is 2.50. The van der Waals surface area contributed by atoms with Crippen LogP contribution in [0.15, 0.2) is 24.5 Å². The van der Waals surface area contributed by atoms with Crippen molar-refractivity contribution in [1.29, 1.82) is 0 Å². The number of aromatic amines is 1. The highest BCUT2D eigenvalue weighted by atomic mass is 14.9. The van der Waals surface area contributed by atoms with E-state index in [1.54, 1.807) is 6.20 Å². The monoisotopic (exact) mass is 147 g/mol. The molecule has 0 fully saturated rings. The summed E-state index contributed by atoms with van der Waals surface area (Å²) in [5.41, 5.74) is 3.15. The Morgan fingerprint density at radius 1 is 1.45 bits per heavy atom. The highest BCUT2D eigenvalue weighted by molar-refractivity contribution is 5.87. The summed E-state index contributed by atoms with van der Waals surface area (Å²) >= 11 is 0. The normalized spacial score (nSPS) is 10.3. The number of hydrogen-bond donors (Lipinski definition) is 2. The van der Waals surface area contributed by atoms with E-state index in [2.05, 4.69) is 15.3 Å². The number of fused-ring (bicyclic) bond motifs is 1. The fraction of sp³-hybridized carbons (Fsp3) is 0.125. The second kappa shape index (κ2) is 2.27. The molecule has 0 unspecified atom stereocenters. The first-order valence-corrected chi connectivity index (χ1v) is 3.51. The van der Waals surface area contributed by atoms with E-state index in [-0.39, 0.29) is 0 Å². The molecule has 2 heterocycles. The van der Waals surface area contributed by atoms with Crippen molar-refractivity contribution in [3.8, 4) is 0 Å². The minimum atomic E-state index is 0.997. The van der Waals surface area contributed by atoms with Gasteiger partial charge in [0.2, 0.25) is 0 Å². The summed E-state index contributed by atoms with van der Waals surface area (Å²) in [6.07, 6.45) is 3.68. The molecule has 0 aromatic carbocycles. The molecule has 2 N–H and O–H groups in total. The summed E-state index contributed by atoms with van der Waals surface area (Å²) in [5.74, 6) is 0. The topological polar surface area (TPSA) is 40.7 Å². The smallest absolute Gasteiger partial charge is 0.0900 e. The first kappa shape index (κ1) is 6.22. The van der Waals surface area contributed by atoms with Gasteiger partial charge in [-0.2, -0.15) is 0 Å². The quantitative estimate of drug-likeness (QED) is 0.643. The van der Waals surface area contributed by atoms with Crippen molar-refractivity contribution in [2.24, 2.45) is 0 Å². The van der Waals surface area contributed by atoms with Crippen molar-refractivity contribution in [1.82, 2.24) is 9.97 Å². The molecular weight excluding hydrogens is 138 g/mol. The van der Waals surface area contributed by atoms with E-state index in [4.69, 9.17) is 0 Å². The van der Waals surface area contributed by atoms with Crippen LogP contribution in [0.4, 0.5) is 5.69 Å². The van der Waals surface area contributed by atoms with Gasteiger partial charge in [0.1, 0.15) is 0 Å². The van der Waals surface area contributed by atoms with Crippen LogP contribution in [0.2, 0.25) is 0 Å². The Morgan fingerprint density at radius 2 is 2.36 bits per heavy atom. The number of anilines is 1. The Labute approximate surface area is 64.5 Å². The third kappa shape index (κ3) is 0.852. The predicted octanol–water partition coefficient (Wildman–Crippen LogP) is 1.60. The zero-order valence-corrected chi connectivity index (χ0v) is 6.26. The molecule has 2 aromatic rings. The van der Waals surface area contributed by atoms with Crippen LogP contribution in [0.25, 0.3) is 11.0 Å². The molecule has 0 spiro atoms. The van der Waals surface area contributed by atoms with Crippen molar-refractivity contribution < 1.29 is 0 Å². The zero-order valence-electron chi connectivity index (χ0n) is 6.26. The zero-order chi connectivity index (χ0) is 7.68. The van der Waals surface area contributed by atoms with E-state index in [1.165, 1.54) is 0 Å². The van der Waals surface area contributed by atoms with Crippen molar-refractivity contribution in [2.45, 2.75) is 0 Å². The maximum absolute atomic E-state index is 4.18. The number of nitrogens with zero attached hydrogens (tertiary/aromatic N) is 1. The van der Waals surface area contributed by atoms with E-state index in [9.17, 15) is 0 Å². The van der Waals surface area contributed by atoms with Gasteiger partial charge in [-0.15, -0.1) is 0 Å². The van der Waals surface area contributed by atoms with E-state index >= 15 is 0 Å². The van der Waals surface area contributed by atoms with Gasteiger partial charge in [-0.1, -0.05) is 0 Å². The van der Waals surface area contributed by atoms with Gasteiger partial charge in [0.15, 0.2) is 0 Å². The molecule has 0 bridgehead atoms. The standard InChI is InChI=1S/C8H9N3/c1-9-6-2-4-10-7-3-5-11-8(6)7/h2-5,11H,1H3,(H,9,10). The molecule has 2 aromatic heterocycles. The molecule has 0 atom stereocenters. The fourth-order valence-corrected chi connectivity index (χ4v) is 1.17. The molecule has 0 aliphatic heterocycles. The third-order valence-electron chi connectivity index (χ3n) is 1.72. The molecule has 0 saturated carbocycles. The maximum Gasteiger partial charge on any atom is 0.0900 e. The molecule has 2 rings (SSSR count). The van der Waals surface area contributed by atoms with Crippen LogP contribution >= 0.6 is 0 Å². The van der Waals surface area contributed by atoms with Gasteiger partial charge < -0.3 is 10.3 Å². The van der Waals surface area contributed by atoms with E-state index in [1.807, 2.05) is 25.4 Å². The van der Waals surface area contributed by atoms with Crippen molar-refractivity contribution in [3.63, 3.8) is 0 Å². The van der Waals surface area contributed by atoms with Crippen LogP contribution in [-0.2, 0) is 0 Å². The van der Waals surface area contributed by atoms with Crippen molar-refractivity contribution in [3.05, 3.63) is 24.5 Å². The van der Waals surface area contributed by atoms with Gasteiger partial charge in [0.05, 0.1) is 16.7 Å². The SMILES string of the molecule is CNc1ccnc2cc[nH]c12. The largest absolute Gasteiger partial charge is 0.386 e. The minimum Gasteiger partial charge on any atom is -0.386 e. The summed E-state index contributed by atoms with van der Waals surface area (Å²) < 4.78 is 0. The molecule has 0 aliphatic carbocycles. The highest BCUT2D eigenvalue weighted by Crippen LogP contribution is 2.17. The highest BCUT2D eigenvalue weighted by Gasteiger charge is 1.98. The summed E-state index contributed by atoms with van der Waals surface area (Å²) in [7, 11) is 1.90. The number of nitrogens with one attached hydrogen (secondary N) is 2. The minimum absolute atomic E-state index is 0.997. The van der Waals surface area contributed by atoms with Gasteiger partial charge in [-0.05, 0) is 12.1 Å². The molecule has 56 valence electrons. The molecule has 0 aliphatic rings. The van der Waals surface area contributed by atoms with Crippen LogP contribution in [-0.4, -0.2) is 17.0 Å². The molecule has 0 radical (unpaired) electrons. The van der Waals surface area contributed by atoms with E-state index in [0.717, 1.165) is 16.7 Å². The van der Waals surface area contributed by atoms with Crippen LogP contribution in [0.5, 0.6) is 0 Å². The van der Waals surface area contributed by atoms with Crippen LogP contribution in [0.1, 0.15) is 0 Å². The lowest BCUT2D eigenvalue weighted by Gasteiger charge is -1.99. The lowest BCUT2D eigenvalue weighted by molar-refractivity contribution is 1.38. The summed E-state index contributed by atoms with van der Waals surface area (Å²) in [6, 6.07) is 3.90. The summed E-state index contributed by atoms with van der Waals surface area (Å²) in [6.45, 7) is 0. The Bertz CT molecular complexity index is 364. The van der Waals surface area contributed by atoms with Gasteiger partial charge in [0.25, 0.3) is 0 Å². The van der Waals surface area contributed by atoms with Crippen molar-refractivity contribution >= 4 is 16.7 Å². The first-order chi connectivity index (χ1) is 5.42.